The topological polar surface area (TPSA) is 62.7 Å². The van der Waals surface area contributed by atoms with Crippen molar-refractivity contribution in [1.82, 2.24) is 4.98 Å². The van der Waals surface area contributed by atoms with E-state index in [9.17, 15) is 14.3 Å². The molecule has 2 aliphatic rings. The Morgan fingerprint density at radius 1 is 1.36 bits per heavy atom. The molecular formula is C19H19FN2O3. The first-order chi connectivity index (χ1) is 11.9. The van der Waals surface area contributed by atoms with Gasteiger partial charge in [0.1, 0.15) is 22.8 Å². The molecule has 0 radical (unpaired) electrons. The number of aliphatic hydroxyl groups is 1. The van der Waals surface area contributed by atoms with Crippen LogP contribution >= 0.6 is 0 Å². The van der Waals surface area contributed by atoms with Crippen molar-refractivity contribution in [2.45, 2.75) is 38.0 Å². The summed E-state index contributed by atoms with van der Waals surface area (Å²) in [6.45, 7) is 4.01. The van der Waals surface area contributed by atoms with E-state index < -0.39 is 17.7 Å². The lowest BCUT2D eigenvalue weighted by Gasteiger charge is -2.27. The number of hydrogen-bond donors (Lipinski definition) is 1. The normalized spacial score (nSPS) is 24.3. The van der Waals surface area contributed by atoms with E-state index in [2.05, 4.69) is 4.98 Å². The van der Waals surface area contributed by atoms with Crippen LogP contribution in [0.3, 0.4) is 0 Å². The first-order valence-electron chi connectivity index (χ1n) is 8.30. The highest BCUT2D eigenvalue weighted by Crippen LogP contribution is 2.43. The third kappa shape index (κ3) is 2.57. The molecule has 2 aromatic rings. The van der Waals surface area contributed by atoms with Gasteiger partial charge in [0.15, 0.2) is 0 Å². The van der Waals surface area contributed by atoms with Crippen molar-refractivity contribution >= 4 is 11.8 Å². The quantitative estimate of drug-likeness (QED) is 0.850. The van der Waals surface area contributed by atoms with Gasteiger partial charge in [-0.25, -0.2) is 14.2 Å². The first-order valence-corrected chi connectivity index (χ1v) is 8.30. The second-order valence-corrected chi connectivity index (χ2v) is 7.07. The third-order valence-corrected chi connectivity index (χ3v) is 4.92. The minimum atomic E-state index is -0.712. The second kappa shape index (κ2) is 5.52. The average molecular weight is 342 g/mol. The van der Waals surface area contributed by atoms with E-state index in [-0.39, 0.29) is 11.9 Å². The lowest BCUT2D eigenvalue weighted by molar-refractivity contribution is 0.00956. The predicted molar refractivity (Wildman–Crippen MR) is 89.8 cm³/mol. The predicted octanol–water partition coefficient (Wildman–Crippen LogP) is 2.94. The lowest BCUT2D eigenvalue weighted by atomic mass is 9.96. The molecule has 6 heteroatoms. The van der Waals surface area contributed by atoms with Crippen molar-refractivity contribution in [3.8, 4) is 0 Å². The van der Waals surface area contributed by atoms with Crippen LogP contribution < -0.4 is 4.90 Å². The van der Waals surface area contributed by atoms with Crippen LogP contribution in [0, 0.1) is 5.82 Å². The van der Waals surface area contributed by atoms with Crippen LogP contribution in [-0.2, 0) is 10.3 Å². The zero-order valence-corrected chi connectivity index (χ0v) is 14.1. The first kappa shape index (κ1) is 16.0. The van der Waals surface area contributed by atoms with E-state index in [0.29, 0.717) is 24.3 Å². The van der Waals surface area contributed by atoms with Crippen molar-refractivity contribution in [2.75, 3.05) is 11.4 Å². The van der Waals surface area contributed by atoms with Crippen LogP contribution in [0.4, 0.5) is 10.2 Å². The highest BCUT2D eigenvalue weighted by Gasteiger charge is 2.43. The standard InChI is InChI=1S/C19H19FN2O3/c1-19(2)14-6-7-21-17(16(14)18(24)25-19)22-10-13(23)9-15(22)11-4-3-5-12(20)8-11/h3-8,13,15,23H,9-10H2,1-2H3/t13-,15-/m1/s1. The van der Waals surface area contributed by atoms with Gasteiger partial charge in [0, 0.05) is 18.3 Å². The van der Waals surface area contributed by atoms with Gasteiger partial charge >= 0.3 is 5.97 Å². The van der Waals surface area contributed by atoms with E-state index in [0.717, 1.165) is 11.1 Å². The van der Waals surface area contributed by atoms with Gasteiger partial charge in [-0.05, 0) is 44.0 Å². The van der Waals surface area contributed by atoms with Crippen molar-refractivity contribution in [3.05, 3.63) is 59.0 Å². The summed E-state index contributed by atoms with van der Waals surface area (Å²) >= 11 is 0. The summed E-state index contributed by atoms with van der Waals surface area (Å²) in [4.78, 5) is 18.7. The maximum atomic E-state index is 13.7. The molecule has 130 valence electrons. The highest BCUT2D eigenvalue weighted by molar-refractivity contribution is 5.99. The van der Waals surface area contributed by atoms with Gasteiger partial charge < -0.3 is 14.7 Å². The number of nitrogens with zero attached hydrogens (tertiary/aromatic N) is 2. The molecule has 3 heterocycles. The maximum absolute atomic E-state index is 13.7. The van der Waals surface area contributed by atoms with Crippen LogP contribution in [0.5, 0.6) is 0 Å². The number of aliphatic hydroxyl groups excluding tert-OH is 1. The van der Waals surface area contributed by atoms with Crippen LogP contribution in [-0.4, -0.2) is 28.7 Å². The molecule has 2 atom stereocenters. The number of aromatic nitrogens is 1. The molecule has 0 saturated carbocycles. The number of β-amino-alcohol motifs (C(OH)–C–C–N with tert-alkyl or cyclic N) is 1. The third-order valence-electron chi connectivity index (χ3n) is 4.92. The van der Waals surface area contributed by atoms with Crippen molar-refractivity contribution in [1.29, 1.82) is 0 Å². The summed E-state index contributed by atoms with van der Waals surface area (Å²) in [5.41, 5.74) is 1.25. The van der Waals surface area contributed by atoms with Gasteiger partial charge in [-0.15, -0.1) is 0 Å². The SMILES string of the molecule is CC1(C)OC(=O)c2c1ccnc2N1C[C@H](O)C[C@@H]1c1cccc(F)c1. The number of rotatable bonds is 2. The summed E-state index contributed by atoms with van der Waals surface area (Å²) < 4.78 is 19.1. The van der Waals surface area contributed by atoms with E-state index in [4.69, 9.17) is 4.74 Å². The Morgan fingerprint density at radius 2 is 2.16 bits per heavy atom. The number of hydrogen-bond acceptors (Lipinski definition) is 5. The molecule has 2 aliphatic heterocycles. The lowest BCUT2D eigenvalue weighted by Crippen LogP contribution is -2.27. The molecule has 0 aliphatic carbocycles. The minimum Gasteiger partial charge on any atom is -0.451 e. The summed E-state index contributed by atoms with van der Waals surface area (Å²) in [5, 5.41) is 10.2. The van der Waals surface area contributed by atoms with E-state index in [1.807, 2.05) is 24.8 Å². The fourth-order valence-corrected chi connectivity index (χ4v) is 3.79. The molecule has 1 aromatic heterocycles. The van der Waals surface area contributed by atoms with E-state index >= 15 is 0 Å². The molecule has 1 aromatic carbocycles. The minimum absolute atomic E-state index is 0.249. The molecule has 1 N–H and O–H groups in total. The Kier molecular flexibility index (Phi) is 3.54. The molecule has 1 saturated heterocycles. The van der Waals surface area contributed by atoms with Gasteiger partial charge in [-0.3, -0.25) is 0 Å². The number of cyclic esters (lactones) is 1. The number of esters is 1. The Labute approximate surface area is 145 Å². The van der Waals surface area contributed by atoms with Crippen LogP contribution in [0.15, 0.2) is 36.5 Å². The molecular weight excluding hydrogens is 323 g/mol. The second-order valence-electron chi connectivity index (χ2n) is 7.07. The molecule has 0 spiro atoms. The number of benzene rings is 1. The largest absolute Gasteiger partial charge is 0.451 e. The summed E-state index contributed by atoms with van der Waals surface area (Å²) in [6.07, 6.45) is 1.52. The maximum Gasteiger partial charge on any atom is 0.343 e. The molecule has 4 rings (SSSR count). The number of anilines is 1. The Balaban J connectivity index is 1.82. The average Bonchev–Trinajstić information content (AvgIpc) is 3.05. The Bertz CT molecular complexity index is 852. The molecule has 0 unspecified atom stereocenters. The monoisotopic (exact) mass is 342 g/mol. The number of carbonyl (C=O) groups is 1. The van der Waals surface area contributed by atoms with Gasteiger partial charge in [-0.1, -0.05) is 12.1 Å². The number of fused-ring (bicyclic) bond motifs is 1. The smallest absolute Gasteiger partial charge is 0.343 e. The van der Waals surface area contributed by atoms with Crippen molar-refractivity contribution in [3.63, 3.8) is 0 Å². The fraction of sp³-hybridized carbons (Fsp3) is 0.368. The summed E-state index contributed by atoms with van der Waals surface area (Å²) in [6, 6.07) is 7.85. The number of carbonyl (C=O) groups excluding carboxylic acids is 1. The fourth-order valence-electron chi connectivity index (χ4n) is 3.79. The summed E-state index contributed by atoms with van der Waals surface area (Å²) in [7, 11) is 0. The van der Waals surface area contributed by atoms with Gasteiger partial charge in [0.05, 0.1) is 12.1 Å². The molecule has 1 fully saturated rings. The highest BCUT2D eigenvalue weighted by atomic mass is 19.1. The molecule has 0 amide bonds. The van der Waals surface area contributed by atoms with Crippen LogP contribution in [0.25, 0.3) is 0 Å². The van der Waals surface area contributed by atoms with Gasteiger partial charge in [0.2, 0.25) is 0 Å². The Hall–Kier alpha value is -2.47. The van der Waals surface area contributed by atoms with Crippen LogP contribution in [0.2, 0.25) is 0 Å². The van der Waals surface area contributed by atoms with E-state index in [1.165, 1.54) is 12.1 Å². The van der Waals surface area contributed by atoms with Gasteiger partial charge in [-0.2, -0.15) is 0 Å². The van der Waals surface area contributed by atoms with Crippen molar-refractivity contribution < 1.29 is 19.0 Å². The zero-order valence-electron chi connectivity index (χ0n) is 14.1. The molecule has 0 bridgehead atoms. The molecule has 25 heavy (non-hydrogen) atoms. The zero-order chi connectivity index (χ0) is 17.8. The van der Waals surface area contributed by atoms with E-state index in [1.54, 1.807) is 18.3 Å². The number of halogens is 1. The Morgan fingerprint density at radius 3 is 2.92 bits per heavy atom. The number of ether oxygens (including phenoxy) is 1. The van der Waals surface area contributed by atoms with Crippen LogP contribution in [0.1, 0.15) is 47.8 Å². The summed E-state index contributed by atoms with van der Waals surface area (Å²) in [5.74, 6) is -0.257. The van der Waals surface area contributed by atoms with Gasteiger partial charge in [0.25, 0.3) is 0 Å². The molecule has 5 nitrogen and oxygen atoms in total. The van der Waals surface area contributed by atoms with Crippen molar-refractivity contribution in [2.24, 2.45) is 0 Å². The number of pyridine rings is 1.